The van der Waals surface area contributed by atoms with Gasteiger partial charge in [0.2, 0.25) is 0 Å². The lowest BCUT2D eigenvalue weighted by Crippen LogP contribution is -2.47. The number of rotatable bonds is 4. The van der Waals surface area contributed by atoms with Gasteiger partial charge in [0, 0.05) is 35.3 Å². The fourth-order valence-corrected chi connectivity index (χ4v) is 3.41. The fourth-order valence-electron chi connectivity index (χ4n) is 2.56. The van der Waals surface area contributed by atoms with Gasteiger partial charge >= 0.3 is 0 Å². The van der Waals surface area contributed by atoms with Crippen LogP contribution < -0.4 is 10.6 Å². The first-order valence-corrected chi connectivity index (χ1v) is 7.98. The quantitative estimate of drug-likeness (QED) is 0.861. The minimum atomic E-state index is 0.282. The summed E-state index contributed by atoms with van der Waals surface area (Å²) in [5.74, 6) is 1.07. The zero-order chi connectivity index (χ0) is 13.8. The first-order chi connectivity index (χ1) is 9.17. The van der Waals surface area contributed by atoms with Crippen molar-refractivity contribution in [2.75, 3.05) is 23.8 Å². The number of nitrogens with two attached hydrogens (primary N) is 1. The molecule has 1 saturated heterocycles. The highest BCUT2D eigenvalue weighted by molar-refractivity contribution is 7.99. The third-order valence-corrected chi connectivity index (χ3v) is 4.51. The Balaban J connectivity index is 2.34. The van der Waals surface area contributed by atoms with E-state index in [4.69, 9.17) is 10.5 Å². The Kier molecular flexibility index (Phi) is 5.13. The minimum Gasteiger partial charge on any atom is -0.375 e. The molecule has 2 N–H and O–H groups in total. The maximum atomic E-state index is 6.00. The predicted octanol–water partition coefficient (Wildman–Crippen LogP) is 2.87. The Morgan fingerprint density at radius 1 is 1.42 bits per heavy atom. The molecule has 1 aliphatic rings. The zero-order valence-corrected chi connectivity index (χ0v) is 12.9. The molecular weight excluding hydrogens is 256 g/mol. The van der Waals surface area contributed by atoms with E-state index in [-0.39, 0.29) is 6.10 Å². The minimum absolute atomic E-state index is 0.282. The third-order valence-electron chi connectivity index (χ3n) is 3.53. The van der Waals surface area contributed by atoms with Crippen LogP contribution in [0.3, 0.4) is 0 Å². The summed E-state index contributed by atoms with van der Waals surface area (Å²) < 4.78 is 5.71. The summed E-state index contributed by atoms with van der Waals surface area (Å²) in [4.78, 5) is 3.75. The number of thioether (sulfide) groups is 1. The summed E-state index contributed by atoms with van der Waals surface area (Å²) in [6, 6.07) is 6.91. The second-order valence-electron chi connectivity index (χ2n) is 5.04. The van der Waals surface area contributed by atoms with Crippen LogP contribution in [0.5, 0.6) is 0 Å². The summed E-state index contributed by atoms with van der Waals surface area (Å²) in [6.45, 7) is 8.84. The van der Waals surface area contributed by atoms with Crippen LogP contribution in [0, 0.1) is 0 Å². The molecule has 19 heavy (non-hydrogen) atoms. The van der Waals surface area contributed by atoms with E-state index in [0.717, 1.165) is 18.9 Å². The van der Waals surface area contributed by atoms with Crippen LogP contribution in [0.15, 0.2) is 23.1 Å². The molecule has 0 amide bonds. The predicted molar refractivity (Wildman–Crippen MR) is 83.0 cm³/mol. The van der Waals surface area contributed by atoms with E-state index in [1.165, 1.54) is 16.1 Å². The molecule has 0 bridgehead atoms. The van der Waals surface area contributed by atoms with Crippen LogP contribution in [-0.4, -0.2) is 31.1 Å². The molecule has 1 aliphatic heterocycles. The molecule has 0 aliphatic carbocycles. The van der Waals surface area contributed by atoms with Crippen molar-refractivity contribution in [3.63, 3.8) is 0 Å². The van der Waals surface area contributed by atoms with Gasteiger partial charge in [0.25, 0.3) is 0 Å². The molecule has 1 fully saturated rings. The molecule has 0 radical (unpaired) electrons. The molecule has 1 heterocycles. The normalized spacial score (nSPS) is 23.7. The molecule has 0 aromatic heterocycles. The lowest BCUT2D eigenvalue weighted by Gasteiger charge is -2.39. The molecule has 2 unspecified atom stereocenters. The third kappa shape index (κ3) is 3.25. The highest BCUT2D eigenvalue weighted by atomic mass is 32.2. The summed E-state index contributed by atoms with van der Waals surface area (Å²) in [5, 5.41) is 0. The first kappa shape index (κ1) is 14.7. The van der Waals surface area contributed by atoms with Gasteiger partial charge in [-0.1, -0.05) is 13.0 Å². The number of morpholine rings is 1. The average molecular weight is 280 g/mol. The second kappa shape index (κ2) is 6.64. The van der Waals surface area contributed by atoms with E-state index in [9.17, 15) is 0 Å². The van der Waals surface area contributed by atoms with Crippen LogP contribution in [0.4, 0.5) is 5.69 Å². The largest absolute Gasteiger partial charge is 0.375 e. The molecule has 0 spiro atoms. The van der Waals surface area contributed by atoms with Crippen molar-refractivity contribution in [1.82, 2.24) is 0 Å². The van der Waals surface area contributed by atoms with Crippen molar-refractivity contribution in [1.29, 1.82) is 0 Å². The van der Waals surface area contributed by atoms with Gasteiger partial charge < -0.3 is 15.4 Å². The van der Waals surface area contributed by atoms with Crippen molar-refractivity contribution < 1.29 is 4.74 Å². The molecule has 4 heteroatoms. The van der Waals surface area contributed by atoms with Gasteiger partial charge in [-0.15, -0.1) is 11.8 Å². The van der Waals surface area contributed by atoms with Crippen LogP contribution >= 0.6 is 11.8 Å². The topological polar surface area (TPSA) is 38.5 Å². The van der Waals surface area contributed by atoms with Crippen molar-refractivity contribution in [3.8, 4) is 0 Å². The summed E-state index contributed by atoms with van der Waals surface area (Å²) in [6.07, 6.45) is 0.282. The van der Waals surface area contributed by atoms with Crippen LogP contribution in [0.2, 0.25) is 0 Å². The summed E-state index contributed by atoms with van der Waals surface area (Å²) in [5.41, 5.74) is 8.55. The number of hydrogen-bond acceptors (Lipinski definition) is 4. The van der Waals surface area contributed by atoms with E-state index in [2.05, 4.69) is 43.9 Å². The van der Waals surface area contributed by atoms with Gasteiger partial charge in [-0.2, -0.15) is 0 Å². The lowest BCUT2D eigenvalue weighted by atomic mass is 10.1. The number of ether oxygens (including phenoxy) is 1. The van der Waals surface area contributed by atoms with E-state index in [0.29, 0.717) is 12.6 Å². The molecular formula is C15H24N2OS. The van der Waals surface area contributed by atoms with Gasteiger partial charge in [0.1, 0.15) is 0 Å². The van der Waals surface area contributed by atoms with Gasteiger partial charge in [-0.25, -0.2) is 0 Å². The van der Waals surface area contributed by atoms with E-state index < -0.39 is 0 Å². The average Bonchev–Trinajstić information content (AvgIpc) is 2.41. The Morgan fingerprint density at radius 3 is 2.89 bits per heavy atom. The lowest BCUT2D eigenvalue weighted by molar-refractivity contribution is 0.0343. The molecule has 1 aromatic rings. The second-order valence-corrected chi connectivity index (χ2v) is 6.34. The Hall–Kier alpha value is -0.710. The smallest absolute Gasteiger partial charge is 0.0723 e. The van der Waals surface area contributed by atoms with Crippen molar-refractivity contribution in [2.45, 2.75) is 44.4 Å². The number of anilines is 1. The standard InChI is InChI=1S/C15H24N2OS/c1-4-19-15-7-5-6-14(13(15)8-16)17-9-12(3)18-10-11(17)2/h5-7,11-12H,4,8-10,16H2,1-3H3. The SMILES string of the molecule is CCSc1cccc(N2CC(C)OCC2C)c1CN. The van der Waals surface area contributed by atoms with E-state index in [1.807, 2.05) is 11.8 Å². The number of hydrogen-bond donors (Lipinski definition) is 1. The van der Waals surface area contributed by atoms with Gasteiger partial charge in [0.15, 0.2) is 0 Å². The van der Waals surface area contributed by atoms with Gasteiger partial charge in [0.05, 0.1) is 12.7 Å². The van der Waals surface area contributed by atoms with Gasteiger partial charge in [-0.05, 0) is 31.7 Å². The first-order valence-electron chi connectivity index (χ1n) is 7.00. The molecule has 3 nitrogen and oxygen atoms in total. The van der Waals surface area contributed by atoms with Gasteiger partial charge in [-0.3, -0.25) is 0 Å². The van der Waals surface area contributed by atoms with Crippen molar-refractivity contribution in [3.05, 3.63) is 23.8 Å². The van der Waals surface area contributed by atoms with Crippen LogP contribution in [-0.2, 0) is 11.3 Å². The summed E-state index contributed by atoms with van der Waals surface area (Å²) in [7, 11) is 0. The molecule has 2 atom stereocenters. The number of nitrogens with zero attached hydrogens (tertiary/aromatic N) is 1. The monoisotopic (exact) mass is 280 g/mol. The Bertz CT molecular complexity index is 425. The number of benzene rings is 1. The van der Waals surface area contributed by atoms with E-state index >= 15 is 0 Å². The van der Waals surface area contributed by atoms with Crippen LogP contribution in [0.1, 0.15) is 26.3 Å². The van der Waals surface area contributed by atoms with Crippen molar-refractivity contribution in [2.24, 2.45) is 5.73 Å². The molecule has 1 aromatic carbocycles. The molecule has 106 valence electrons. The fraction of sp³-hybridized carbons (Fsp3) is 0.600. The Labute approximate surface area is 120 Å². The Morgan fingerprint density at radius 2 is 2.21 bits per heavy atom. The molecule has 2 rings (SSSR count). The maximum absolute atomic E-state index is 6.00. The summed E-state index contributed by atoms with van der Waals surface area (Å²) >= 11 is 1.87. The molecule has 0 saturated carbocycles. The van der Waals surface area contributed by atoms with Crippen LogP contribution in [0.25, 0.3) is 0 Å². The zero-order valence-electron chi connectivity index (χ0n) is 12.1. The highest BCUT2D eigenvalue weighted by Gasteiger charge is 2.25. The maximum Gasteiger partial charge on any atom is 0.0723 e. The van der Waals surface area contributed by atoms with E-state index in [1.54, 1.807) is 0 Å². The highest BCUT2D eigenvalue weighted by Crippen LogP contribution is 2.32. The van der Waals surface area contributed by atoms with Crippen molar-refractivity contribution >= 4 is 17.4 Å².